The molecule has 0 spiro atoms. The predicted molar refractivity (Wildman–Crippen MR) is 70.3 cm³/mol. The van der Waals surface area contributed by atoms with Gasteiger partial charge in [0.1, 0.15) is 5.75 Å². The lowest BCUT2D eigenvalue weighted by Gasteiger charge is -2.12. The van der Waals surface area contributed by atoms with E-state index in [2.05, 4.69) is 12.1 Å². The Balaban J connectivity index is 2.15. The van der Waals surface area contributed by atoms with Crippen LogP contribution in [0.4, 0.5) is 0 Å². The van der Waals surface area contributed by atoms with E-state index in [1.807, 2.05) is 36.0 Å². The van der Waals surface area contributed by atoms with Gasteiger partial charge in [0.2, 0.25) is 0 Å². The number of rotatable bonds is 1. The van der Waals surface area contributed by atoms with Crippen LogP contribution in [-0.4, -0.2) is 16.6 Å². The number of hydrogen-bond acceptors (Lipinski definition) is 2. The molecule has 1 heterocycles. The maximum absolute atomic E-state index is 10.3. The van der Waals surface area contributed by atoms with Crippen LogP contribution < -0.4 is 0 Å². The first-order valence-electron chi connectivity index (χ1n) is 5.64. The third-order valence-electron chi connectivity index (χ3n) is 3.30. The Bertz CT molecular complexity index is 515. The number of hydrogen-bond donors (Lipinski definition) is 1. The van der Waals surface area contributed by atoms with Gasteiger partial charge in [-0.2, -0.15) is 11.8 Å². The average molecular weight is 230 g/mol. The molecule has 0 radical (unpaired) electrons. The fourth-order valence-corrected chi connectivity index (χ4v) is 3.63. The quantitative estimate of drug-likeness (QED) is 0.804. The molecule has 16 heavy (non-hydrogen) atoms. The Labute approximate surface area is 99.5 Å². The lowest BCUT2D eigenvalue weighted by atomic mass is 9.94. The van der Waals surface area contributed by atoms with Crippen molar-refractivity contribution in [2.45, 2.75) is 12.3 Å². The van der Waals surface area contributed by atoms with Crippen molar-refractivity contribution in [3.05, 3.63) is 42.0 Å². The van der Waals surface area contributed by atoms with Crippen molar-refractivity contribution in [1.82, 2.24) is 0 Å². The van der Waals surface area contributed by atoms with Crippen molar-refractivity contribution < 1.29 is 5.11 Å². The first-order chi connectivity index (χ1) is 7.86. The third kappa shape index (κ3) is 1.57. The summed E-state index contributed by atoms with van der Waals surface area (Å²) in [6.07, 6.45) is 1.19. The minimum absolute atomic E-state index is 0.491. The zero-order valence-electron chi connectivity index (χ0n) is 9.02. The minimum atomic E-state index is 0.491. The van der Waals surface area contributed by atoms with Gasteiger partial charge in [0, 0.05) is 11.1 Å². The first-order valence-corrected chi connectivity index (χ1v) is 6.80. The van der Waals surface area contributed by atoms with Crippen LogP contribution in [0.25, 0.3) is 10.8 Å². The molecule has 1 N–H and O–H groups in total. The van der Waals surface area contributed by atoms with Gasteiger partial charge in [-0.3, -0.25) is 0 Å². The van der Waals surface area contributed by atoms with Gasteiger partial charge in [-0.15, -0.1) is 0 Å². The summed E-state index contributed by atoms with van der Waals surface area (Å²) in [6.45, 7) is 0. The molecule has 0 bridgehead atoms. The highest BCUT2D eigenvalue weighted by atomic mass is 32.2. The molecular weight excluding hydrogens is 216 g/mol. The van der Waals surface area contributed by atoms with Crippen molar-refractivity contribution in [3.63, 3.8) is 0 Å². The lowest BCUT2D eigenvalue weighted by Crippen LogP contribution is -1.96. The molecule has 1 aliphatic rings. The second-order valence-corrected chi connectivity index (χ2v) is 5.43. The highest BCUT2D eigenvalue weighted by Gasteiger charge is 2.21. The molecule has 1 saturated heterocycles. The lowest BCUT2D eigenvalue weighted by molar-refractivity contribution is 0.470. The summed E-state index contributed by atoms with van der Waals surface area (Å²) in [4.78, 5) is 0. The Morgan fingerprint density at radius 1 is 1.12 bits per heavy atom. The highest BCUT2D eigenvalue weighted by Crippen LogP contribution is 2.39. The highest BCUT2D eigenvalue weighted by molar-refractivity contribution is 7.99. The smallest absolute Gasteiger partial charge is 0.126 e. The van der Waals surface area contributed by atoms with Crippen molar-refractivity contribution in [3.8, 4) is 5.75 Å². The minimum Gasteiger partial charge on any atom is -0.507 e. The number of phenolic OH excluding ortho intramolecular Hbond substituents is 1. The summed E-state index contributed by atoms with van der Waals surface area (Å²) < 4.78 is 0. The van der Waals surface area contributed by atoms with Crippen LogP contribution >= 0.6 is 11.8 Å². The van der Waals surface area contributed by atoms with Gasteiger partial charge in [0.15, 0.2) is 0 Å². The third-order valence-corrected chi connectivity index (χ3v) is 4.46. The van der Waals surface area contributed by atoms with Gasteiger partial charge in [0.05, 0.1) is 0 Å². The number of thioether (sulfide) groups is 1. The van der Waals surface area contributed by atoms with Crippen LogP contribution in [0.3, 0.4) is 0 Å². The van der Waals surface area contributed by atoms with Gasteiger partial charge in [-0.1, -0.05) is 36.4 Å². The van der Waals surface area contributed by atoms with Crippen LogP contribution in [0, 0.1) is 0 Å². The summed E-state index contributed by atoms with van der Waals surface area (Å²) in [5.41, 5.74) is 1.13. The molecule has 1 unspecified atom stereocenters. The largest absolute Gasteiger partial charge is 0.507 e. The molecule has 1 atom stereocenters. The molecule has 0 saturated carbocycles. The van der Waals surface area contributed by atoms with Crippen molar-refractivity contribution in [2.75, 3.05) is 11.5 Å². The molecule has 1 aliphatic heterocycles. The molecule has 2 heteroatoms. The second kappa shape index (κ2) is 4.02. The molecule has 0 aliphatic carbocycles. The number of fused-ring (bicyclic) bond motifs is 1. The van der Waals surface area contributed by atoms with Crippen LogP contribution in [0.1, 0.15) is 17.9 Å². The van der Waals surface area contributed by atoms with Gasteiger partial charge in [-0.25, -0.2) is 0 Å². The number of phenols is 1. The molecule has 3 rings (SSSR count). The molecule has 0 amide bonds. The van der Waals surface area contributed by atoms with Crippen LogP contribution in [0.5, 0.6) is 5.75 Å². The monoisotopic (exact) mass is 230 g/mol. The van der Waals surface area contributed by atoms with E-state index in [9.17, 15) is 5.11 Å². The zero-order valence-corrected chi connectivity index (χ0v) is 9.83. The van der Waals surface area contributed by atoms with Crippen molar-refractivity contribution in [1.29, 1.82) is 0 Å². The van der Waals surface area contributed by atoms with E-state index in [0.29, 0.717) is 11.7 Å². The number of aromatic hydroxyl groups is 1. The van der Waals surface area contributed by atoms with E-state index in [0.717, 1.165) is 22.1 Å². The van der Waals surface area contributed by atoms with Gasteiger partial charge < -0.3 is 5.11 Å². The first kappa shape index (κ1) is 10.0. The molecule has 2 aromatic carbocycles. The Morgan fingerprint density at radius 3 is 2.81 bits per heavy atom. The van der Waals surface area contributed by atoms with Crippen LogP contribution in [0.2, 0.25) is 0 Å². The molecule has 82 valence electrons. The van der Waals surface area contributed by atoms with Crippen LogP contribution in [0.15, 0.2) is 36.4 Å². The number of benzene rings is 2. The zero-order chi connectivity index (χ0) is 11.0. The summed E-state index contributed by atoms with van der Waals surface area (Å²) in [6, 6.07) is 12.2. The van der Waals surface area contributed by atoms with E-state index in [1.54, 1.807) is 0 Å². The second-order valence-electron chi connectivity index (χ2n) is 4.29. The standard InChI is InChI=1S/C14H14OS/c15-14-12-4-2-1-3-10(12)5-6-13(14)11-7-8-16-9-11/h1-6,11,15H,7-9H2. The van der Waals surface area contributed by atoms with Gasteiger partial charge >= 0.3 is 0 Å². The maximum Gasteiger partial charge on any atom is 0.126 e. The summed E-state index contributed by atoms with van der Waals surface area (Å²) in [5.74, 6) is 3.39. The van der Waals surface area contributed by atoms with E-state index >= 15 is 0 Å². The maximum atomic E-state index is 10.3. The van der Waals surface area contributed by atoms with Gasteiger partial charge in [0.25, 0.3) is 0 Å². The Hall–Kier alpha value is -1.15. The van der Waals surface area contributed by atoms with Gasteiger partial charge in [-0.05, 0) is 29.0 Å². The molecule has 0 aromatic heterocycles. The normalized spacial score (nSPS) is 20.4. The summed E-state index contributed by atoms with van der Waals surface area (Å²) in [7, 11) is 0. The Kier molecular flexibility index (Phi) is 2.52. The predicted octanol–water partition coefficient (Wildman–Crippen LogP) is 3.77. The van der Waals surface area contributed by atoms with E-state index < -0.39 is 0 Å². The van der Waals surface area contributed by atoms with Crippen molar-refractivity contribution in [2.24, 2.45) is 0 Å². The summed E-state index contributed by atoms with van der Waals surface area (Å²) >= 11 is 1.98. The fourth-order valence-electron chi connectivity index (χ4n) is 2.38. The topological polar surface area (TPSA) is 20.2 Å². The molecule has 1 fully saturated rings. The molecular formula is C14H14OS. The average Bonchev–Trinajstić information content (AvgIpc) is 2.83. The molecule has 1 nitrogen and oxygen atoms in total. The van der Waals surface area contributed by atoms with Crippen LogP contribution in [-0.2, 0) is 0 Å². The van der Waals surface area contributed by atoms with E-state index in [1.165, 1.54) is 12.2 Å². The summed E-state index contributed by atoms with van der Waals surface area (Å²) in [5, 5.41) is 12.4. The van der Waals surface area contributed by atoms with E-state index in [-0.39, 0.29) is 0 Å². The SMILES string of the molecule is Oc1c(C2CCSC2)ccc2ccccc12. The fraction of sp³-hybridized carbons (Fsp3) is 0.286. The molecule has 2 aromatic rings. The Morgan fingerprint density at radius 2 is 2.00 bits per heavy atom. The van der Waals surface area contributed by atoms with Crippen molar-refractivity contribution >= 4 is 22.5 Å². The van der Waals surface area contributed by atoms with E-state index in [4.69, 9.17) is 0 Å².